The van der Waals surface area contributed by atoms with Crippen LogP contribution in [-0.2, 0) is 11.3 Å². The fourth-order valence-electron chi connectivity index (χ4n) is 5.01. The van der Waals surface area contributed by atoms with Gasteiger partial charge < -0.3 is 24.8 Å². The van der Waals surface area contributed by atoms with E-state index in [1.807, 2.05) is 69.6 Å². The summed E-state index contributed by atoms with van der Waals surface area (Å²) in [5.41, 5.74) is 5.57. The second kappa shape index (κ2) is 11.1. The number of fused-ring (bicyclic) bond motifs is 3. The van der Waals surface area contributed by atoms with Gasteiger partial charge in [0.15, 0.2) is 0 Å². The number of nitrogens with one attached hydrogen (secondary N) is 2. The van der Waals surface area contributed by atoms with Gasteiger partial charge in [-0.15, -0.1) is 0 Å². The van der Waals surface area contributed by atoms with Gasteiger partial charge in [-0.1, -0.05) is 12.1 Å². The number of amides is 2. The summed E-state index contributed by atoms with van der Waals surface area (Å²) in [4.78, 5) is 45.6. The molecular weight excluding hydrogens is 530 g/mol. The maximum absolute atomic E-state index is 13.1. The second-order valence-electron chi connectivity index (χ2n) is 11.4. The predicted octanol–water partition coefficient (Wildman–Crippen LogP) is 5.48. The molecule has 0 spiro atoms. The number of pyridine rings is 3. The molecule has 2 amide bonds. The first-order chi connectivity index (χ1) is 20.2. The van der Waals surface area contributed by atoms with E-state index in [1.165, 1.54) is 0 Å². The molecular formula is C32H33N7O3. The molecule has 1 aliphatic heterocycles. The van der Waals surface area contributed by atoms with Gasteiger partial charge in [-0.2, -0.15) is 0 Å². The monoisotopic (exact) mass is 563 g/mol. The van der Waals surface area contributed by atoms with E-state index in [-0.39, 0.29) is 12.0 Å². The van der Waals surface area contributed by atoms with Gasteiger partial charge in [-0.3, -0.25) is 14.8 Å². The number of anilines is 1. The zero-order chi connectivity index (χ0) is 29.3. The molecule has 1 aromatic carbocycles. The molecule has 0 unspecified atom stereocenters. The summed E-state index contributed by atoms with van der Waals surface area (Å²) in [5.74, 6) is -0.0347. The van der Waals surface area contributed by atoms with E-state index in [9.17, 15) is 9.59 Å². The van der Waals surface area contributed by atoms with Crippen LogP contribution in [0.4, 0.5) is 10.5 Å². The molecule has 4 aromatic heterocycles. The van der Waals surface area contributed by atoms with Crippen molar-refractivity contribution in [2.24, 2.45) is 0 Å². The van der Waals surface area contributed by atoms with E-state index in [4.69, 9.17) is 4.74 Å². The molecule has 6 rings (SSSR count). The Kier molecular flexibility index (Phi) is 7.20. The number of rotatable bonds is 5. The van der Waals surface area contributed by atoms with E-state index in [1.54, 1.807) is 22.2 Å². The minimum Gasteiger partial charge on any atom is -0.444 e. The van der Waals surface area contributed by atoms with Gasteiger partial charge in [0, 0.05) is 67.0 Å². The standard InChI is InChI=1S/C32H33N7O3/c1-32(2,3)42-31(41)39-13-11-38(12-14-39)30(40)22-8-6-21(7-9-22)17-34-24-15-26-25-16-27(23-5-4-10-33-18-23)35-20-28(25)37-29(26)36-19-24/h4-10,15-16,18-20,34H,11-14,17H2,1-3H3,(H,36,37). The number of carbonyl (C=O) groups excluding carboxylic acids is 2. The van der Waals surface area contributed by atoms with Gasteiger partial charge in [0.25, 0.3) is 5.91 Å². The Hall–Kier alpha value is -4.99. The summed E-state index contributed by atoms with van der Waals surface area (Å²) < 4.78 is 5.45. The number of hydrogen-bond donors (Lipinski definition) is 2. The molecule has 0 saturated carbocycles. The number of benzene rings is 1. The molecule has 10 nitrogen and oxygen atoms in total. The van der Waals surface area contributed by atoms with Crippen molar-refractivity contribution in [2.45, 2.75) is 32.9 Å². The number of aromatic nitrogens is 4. The second-order valence-corrected chi connectivity index (χ2v) is 11.4. The van der Waals surface area contributed by atoms with Crippen molar-refractivity contribution in [2.75, 3.05) is 31.5 Å². The summed E-state index contributed by atoms with van der Waals surface area (Å²) in [7, 11) is 0. The molecule has 10 heteroatoms. The zero-order valence-corrected chi connectivity index (χ0v) is 23.9. The topological polar surface area (TPSA) is 116 Å². The third kappa shape index (κ3) is 5.88. The van der Waals surface area contributed by atoms with Gasteiger partial charge in [0.2, 0.25) is 0 Å². The number of nitrogens with zero attached hydrogens (tertiary/aromatic N) is 5. The van der Waals surface area contributed by atoms with Crippen LogP contribution in [0.3, 0.4) is 0 Å². The fraction of sp³-hybridized carbons (Fsp3) is 0.281. The molecule has 0 atom stereocenters. The van der Waals surface area contributed by atoms with Crippen molar-refractivity contribution in [1.29, 1.82) is 0 Å². The highest BCUT2D eigenvalue weighted by molar-refractivity contribution is 6.07. The lowest BCUT2D eigenvalue weighted by atomic mass is 10.1. The Morgan fingerprint density at radius 3 is 2.40 bits per heavy atom. The van der Waals surface area contributed by atoms with Crippen LogP contribution in [0.1, 0.15) is 36.7 Å². The quantitative estimate of drug-likeness (QED) is 0.291. The predicted molar refractivity (Wildman–Crippen MR) is 162 cm³/mol. The third-order valence-corrected chi connectivity index (χ3v) is 7.21. The summed E-state index contributed by atoms with van der Waals surface area (Å²) in [6, 6.07) is 15.7. The van der Waals surface area contributed by atoms with E-state index < -0.39 is 5.60 Å². The molecule has 42 heavy (non-hydrogen) atoms. The normalized spacial score (nSPS) is 13.9. The SMILES string of the molecule is CC(C)(C)OC(=O)N1CCN(C(=O)c2ccc(CNc3cnc4[nH]c5cnc(-c6cccnc6)cc5c4c3)cc2)CC1. The molecule has 1 saturated heterocycles. The molecule has 5 heterocycles. The first-order valence-corrected chi connectivity index (χ1v) is 14.0. The summed E-state index contributed by atoms with van der Waals surface area (Å²) >= 11 is 0. The van der Waals surface area contributed by atoms with E-state index in [0.717, 1.165) is 44.4 Å². The molecule has 1 fully saturated rings. The average molecular weight is 564 g/mol. The number of ether oxygens (including phenoxy) is 1. The van der Waals surface area contributed by atoms with Crippen LogP contribution >= 0.6 is 0 Å². The maximum atomic E-state index is 13.1. The maximum Gasteiger partial charge on any atom is 0.410 e. The molecule has 0 aliphatic carbocycles. The summed E-state index contributed by atoms with van der Waals surface area (Å²) in [5, 5.41) is 5.51. The highest BCUT2D eigenvalue weighted by atomic mass is 16.6. The van der Waals surface area contributed by atoms with Gasteiger partial charge in [-0.25, -0.2) is 9.78 Å². The van der Waals surface area contributed by atoms with Crippen LogP contribution in [0.15, 0.2) is 73.3 Å². The van der Waals surface area contributed by atoms with Crippen LogP contribution in [0.2, 0.25) is 0 Å². The zero-order valence-electron chi connectivity index (χ0n) is 23.9. The van der Waals surface area contributed by atoms with Gasteiger partial charge >= 0.3 is 6.09 Å². The summed E-state index contributed by atoms with van der Waals surface area (Å²) in [6.07, 6.45) is 6.85. The van der Waals surface area contributed by atoms with Gasteiger partial charge in [-0.05, 0) is 62.7 Å². The number of hydrogen-bond acceptors (Lipinski definition) is 7. The van der Waals surface area contributed by atoms with E-state index in [0.29, 0.717) is 38.3 Å². The van der Waals surface area contributed by atoms with Crippen molar-refractivity contribution in [3.05, 3.63) is 84.4 Å². The van der Waals surface area contributed by atoms with Crippen molar-refractivity contribution in [3.8, 4) is 11.3 Å². The highest BCUT2D eigenvalue weighted by Gasteiger charge is 2.28. The Balaban J connectivity index is 1.08. The lowest BCUT2D eigenvalue weighted by Crippen LogP contribution is -2.51. The largest absolute Gasteiger partial charge is 0.444 e. The van der Waals surface area contributed by atoms with E-state index in [2.05, 4.69) is 37.4 Å². The first kappa shape index (κ1) is 27.2. The van der Waals surface area contributed by atoms with Crippen LogP contribution in [0, 0.1) is 0 Å². The molecule has 2 N–H and O–H groups in total. The Morgan fingerprint density at radius 2 is 1.69 bits per heavy atom. The smallest absolute Gasteiger partial charge is 0.410 e. The lowest BCUT2D eigenvalue weighted by Gasteiger charge is -2.35. The molecule has 0 bridgehead atoms. The van der Waals surface area contributed by atoms with Crippen LogP contribution in [-0.4, -0.2) is 73.5 Å². The third-order valence-electron chi connectivity index (χ3n) is 7.21. The van der Waals surface area contributed by atoms with Crippen LogP contribution < -0.4 is 5.32 Å². The first-order valence-electron chi connectivity index (χ1n) is 14.0. The highest BCUT2D eigenvalue weighted by Crippen LogP contribution is 2.29. The van der Waals surface area contributed by atoms with Crippen molar-refractivity contribution in [1.82, 2.24) is 29.7 Å². The fourth-order valence-corrected chi connectivity index (χ4v) is 5.01. The lowest BCUT2D eigenvalue weighted by molar-refractivity contribution is 0.0141. The number of aromatic amines is 1. The van der Waals surface area contributed by atoms with Gasteiger partial charge in [0.05, 0.1) is 29.3 Å². The molecule has 214 valence electrons. The Bertz CT molecular complexity index is 1740. The number of H-pyrrole nitrogens is 1. The van der Waals surface area contributed by atoms with E-state index >= 15 is 0 Å². The molecule has 1 aliphatic rings. The van der Waals surface area contributed by atoms with Crippen molar-refractivity contribution >= 4 is 39.6 Å². The van der Waals surface area contributed by atoms with Crippen LogP contribution in [0.25, 0.3) is 33.2 Å². The van der Waals surface area contributed by atoms with Gasteiger partial charge in [0.1, 0.15) is 11.2 Å². The van der Waals surface area contributed by atoms with Crippen molar-refractivity contribution < 1.29 is 14.3 Å². The minimum absolute atomic E-state index is 0.0347. The Morgan fingerprint density at radius 1 is 0.929 bits per heavy atom. The average Bonchev–Trinajstić information content (AvgIpc) is 3.37. The molecule has 0 radical (unpaired) electrons. The van der Waals surface area contributed by atoms with Crippen molar-refractivity contribution in [3.63, 3.8) is 0 Å². The Labute approximate surface area is 243 Å². The molecule has 5 aromatic rings. The van der Waals surface area contributed by atoms with Crippen LogP contribution in [0.5, 0.6) is 0 Å². The number of carbonyl (C=O) groups is 2. The summed E-state index contributed by atoms with van der Waals surface area (Å²) in [6.45, 7) is 8.00. The minimum atomic E-state index is -0.539. The number of piperazine rings is 1.